The summed E-state index contributed by atoms with van der Waals surface area (Å²) in [6.07, 6.45) is 0. The van der Waals surface area contributed by atoms with Gasteiger partial charge in [0.1, 0.15) is 11.4 Å². The van der Waals surface area contributed by atoms with Gasteiger partial charge in [-0.05, 0) is 37.3 Å². The number of nitrogens with one attached hydrogen (secondary N) is 1. The van der Waals surface area contributed by atoms with Crippen LogP contribution in [-0.4, -0.2) is 16.6 Å². The van der Waals surface area contributed by atoms with Crippen molar-refractivity contribution in [3.05, 3.63) is 69.0 Å². The highest BCUT2D eigenvalue weighted by atomic mass is 16.6. The van der Waals surface area contributed by atoms with Crippen molar-refractivity contribution in [1.29, 1.82) is 0 Å². The van der Waals surface area contributed by atoms with E-state index in [0.29, 0.717) is 28.9 Å². The molecule has 1 heterocycles. The number of anilines is 2. The van der Waals surface area contributed by atoms with Gasteiger partial charge in [0.15, 0.2) is 0 Å². The predicted molar refractivity (Wildman–Crippen MR) is 96.8 cm³/mol. The molecule has 7 heteroatoms. The Kier molecular flexibility index (Phi) is 4.38. The molecule has 1 aromatic heterocycles. The van der Waals surface area contributed by atoms with E-state index in [-0.39, 0.29) is 5.69 Å². The van der Waals surface area contributed by atoms with Crippen molar-refractivity contribution >= 4 is 28.0 Å². The zero-order chi connectivity index (χ0) is 18.0. The van der Waals surface area contributed by atoms with Crippen LogP contribution in [0.2, 0.25) is 0 Å². The smallest absolute Gasteiger partial charge is 0.357 e. The summed E-state index contributed by atoms with van der Waals surface area (Å²) in [6, 6.07) is 14.1. The van der Waals surface area contributed by atoms with Gasteiger partial charge >= 0.3 is 11.2 Å². The molecule has 0 fully saturated rings. The van der Waals surface area contributed by atoms with E-state index in [1.54, 1.807) is 62.6 Å². The predicted octanol–water partition coefficient (Wildman–Crippen LogP) is 3.68. The molecule has 0 bridgehead atoms. The Morgan fingerprint density at radius 3 is 2.44 bits per heavy atom. The monoisotopic (exact) mass is 339 g/mol. The third-order valence-electron chi connectivity index (χ3n) is 4.01. The number of aromatic nitrogens is 1. The maximum atomic E-state index is 12.6. The topological polar surface area (TPSA) is 86.4 Å². The van der Waals surface area contributed by atoms with Crippen molar-refractivity contribution in [2.45, 2.75) is 13.5 Å². The summed E-state index contributed by atoms with van der Waals surface area (Å²) in [5.74, 6) is 0.673. The fourth-order valence-electron chi connectivity index (χ4n) is 2.82. The van der Waals surface area contributed by atoms with E-state index in [2.05, 4.69) is 5.32 Å². The highest BCUT2D eigenvalue weighted by Crippen LogP contribution is 2.33. The summed E-state index contributed by atoms with van der Waals surface area (Å²) < 4.78 is 6.52. The second-order valence-corrected chi connectivity index (χ2v) is 5.40. The van der Waals surface area contributed by atoms with Crippen LogP contribution in [0.5, 0.6) is 5.75 Å². The van der Waals surface area contributed by atoms with Crippen LogP contribution in [0.4, 0.5) is 17.1 Å². The van der Waals surface area contributed by atoms with Crippen LogP contribution in [0, 0.1) is 10.1 Å². The molecule has 0 unspecified atom stereocenters. The average Bonchev–Trinajstić information content (AvgIpc) is 2.62. The molecule has 128 valence electrons. The highest BCUT2D eigenvalue weighted by molar-refractivity contribution is 5.97. The lowest BCUT2D eigenvalue weighted by Crippen LogP contribution is -2.23. The number of pyridine rings is 1. The molecule has 3 aromatic rings. The number of aryl methyl sites for hydroxylation is 1. The Morgan fingerprint density at radius 2 is 1.84 bits per heavy atom. The molecule has 2 aromatic carbocycles. The standard InChI is InChI=1S/C18H17N3O4/c1-3-20-15-7-5-4-6-14(15)16(17(18(20)22)21(23)24)19-12-8-10-13(25-2)11-9-12/h4-11,19H,3H2,1-2H3. The Balaban J connectivity index is 2.26. The minimum absolute atomic E-state index is 0.195. The minimum Gasteiger partial charge on any atom is -0.497 e. The van der Waals surface area contributed by atoms with E-state index in [1.165, 1.54) is 4.57 Å². The number of rotatable bonds is 5. The zero-order valence-corrected chi connectivity index (χ0v) is 13.9. The largest absolute Gasteiger partial charge is 0.497 e. The molecular weight excluding hydrogens is 322 g/mol. The third-order valence-corrected chi connectivity index (χ3v) is 4.01. The van der Waals surface area contributed by atoms with Crippen LogP contribution in [0.3, 0.4) is 0 Å². The molecule has 3 rings (SSSR count). The van der Waals surface area contributed by atoms with E-state index in [1.807, 2.05) is 0 Å². The van der Waals surface area contributed by atoms with Gasteiger partial charge in [0.2, 0.25) is 0 Å². The lowest BCUT2D eigenvalue weighted by molar-refractivity contribution is -0.385. The van der Waals surface area contributed by atoms with Gasteiger partial charge in [-0.3, -0.25) is 14.9 Å². The van der Waals surface area contributed by atoms with Gasteiger partial charge in [-0.2, -0.15) is 0 Å². The molecule has 0 aliphatic carbocycles. The second-order valence-electron chi connectivity index (χ2n) is 5.40. The first-order valence-electron chi connectivity index (χ1n) is 7.77. The first-order chi connectivity index (χ1) is 12.1. The summed E-state index contributed by atoms with van der Waals surface area (Å²) in [5, 5.41) is 15.2. The number of hydrogen-bond donors (Lipinski definition) is 1. The van der Waals surface area contributed by atoms with Crippen molar-refractivity contribution in [1.82, 2.24) is 4.57 Å². The van der Waals surface area contributed by atoms with Crippen molar-refractivity contribution in [2.75, 3.05) is 12.4 Å². The van der Waals surface area contributed by atoms with Gasteiger partial charge in [0.05, 0.1) is 17.5 Å². The number of hydrogen-bond acceptors (Lipinski definition) is 5. The van der Waals surface area contributed by atoms with E-state index in [9.17, 15) is 14.9 Å². The van der Waals surface area contributed by atoms with Crippen LogP contribution in [0.25, 0.3) is 10.9 Å². The number of fused-ring (bicyclic) bond motifs is 1. The van der Waals surface area contributed by atoms with E-state index >= 15 is 0 Å². The van der Waals surface area contributed by atoms with E-state index in [0.717, 1.165) is 0 Å². The van der Waals surface area contributed by atoms with Gasteiger partial charge in [-0.25, -0.2) is 0 Å². The van der Waals surface area contributed by atoms with Crippen molar-refractivity contribution in [3.63, 3.8) is 0 Å². The van der Waals surface area contributed by atoms with E-state index in [4.69, 9.17) is 4.74 Å². The number of nitro groups is 1. The molecule has 25 heavy (non-hydrogen) atoms. The van der Waals surface area contributed by atoms with Crippen molar-refractivity contribution in [2.24, 2.45) is 0 Å². The highest BCUT2D eigenvalue weighted by Gasteiger charge is 2.25. The Morgan fingerprint density at radius 1 is 1.16 bits per heavy atom. The van der Waals surface area contributed by atoms with Crippen LogP contribution in [0.1, 0.15) is 6.92 Å². The van der Waals surface area contributed by atoms with Crippen molar-refractivity contribution < 1.29 is 9.66 Å². The Labute approximate surface area is 143 Å². The normalized spacial score (nSPS) is 10.6. The fourth-order valence-corrected chi connectivity index (χ4v) is 2.82. The molecule has 0 aliphatic rings. The van der Waals surface area contributed by atoms with E-state index < -0.39 is 16.2 Å². The van der Waals surface area contributed by atoms with Crippen molar-refractivity contribution in [3.8, 4) is 5.75 Å². The SMILES string of the molecule is CCn1c(=O)c([N+](=O)[O-])c(Nc2ccc(OC)cc2)c2ccccc21. The minimum atomic E-state index is -0.632. The number of para-hydroxylation sites is 1. The number of methoxy groups -OCH3 is 1. The lowest BCUT2D eigenvalue weighted by atomic mass is 10.1. The number of ether oxygens (including phenoxy) is 1. The quantitative estimate of drug-likeness (QED) is 0.566. The fraction of sp³-hybridized carbons (Fsp3) is 0.167. The maximum Gasteiger partial charge on any atom is 0.357 e. The number of benzene rings is 2. The van der Waals surface area contributed by atoms with Crippen LogP contribution < -0.4 is 15.6 Å². The lowest BCUT2D eigenvalue weighted by Gasteiger charge is -2.14. The molecule has 0 saturated heterocycles. The average molecular weight is 339 g/mol. The molecule has 0 atom stereocenters. The van der Waals surface area contributed by atoms with Gasteiger partial charge in [-0.1, -0.05) is 18.2 Å². The Hall–Kier alpha value is -3.35. The zero-order valence-electron chi connectivity index (χ0n) is 13.9. The second kappa shape index (κ2) is 6.64. The molecule has 1 N–H and O–H groups in total. The first kappa shape index (κ1) is 16.5. The van der Waals surface area contributed by atoms with Crippen LogP contribution in [-0.2, 0) is 6.54 Å². The van der Waals surface area contributed by atoms with Crippen LogP contribution >= 0.6 is 0 Å². The molecule has 0 saturated carbocycles. The molecule has 0 amide bonds. The Bertz CT molecular complexity index is 994. The summed E-state index contributed by atoms with van der Waals surface area (Å²) >= 11 is 0. The summed E-state index contributed by atoms with van der Waals surface area (Å²) in [6.45, 7) is 2.14. The van der Waals surface area contributed by atoms with Crippen LogP contribution in [0.15, 0.2) is 53.3 Å². The molecule has 7 nitrogen and oxygen atoms in total. The molecule has 0 aliphatic heterocycles. The molecule has 0 spiro atoms. The molecular formula is C18H17N3O4. The summed E-state index contributed by atoms with van der Waals surface area (Å²) in [7, 11) is 1.56. The molecule has 0 radical (unpaired) electrons. The van der Waals surface area contributed by atoms with Gasteiger partial charge in [-0.15, -0.1) is 0 Å². The first-order valence-corrected chi connectivity index (χ1v) is 7.77. The number of nitrogens with zero attached hydrogens (tertiary/aromatic N) is 2. The van der Waals surface area contributed by atoms with Gasteiger partial charge in [0.25, 0.3) is 0 Å². The summed E-state index contributed by atoms with van der Waals surface area (Å²) in [4.78, 5) is 23.6. The van der Waals surface area contributed by atoms with Gasteiger partial charge in [0, 0.05) is 17.6 Å². The summed E-state index contributed by atoms with van der Waals surface area (Å²) in [5.41, 5.74) is 0.387. The maximum absolute atomic E-state index is 12.6. The third kappa shape index (κ3) is 2.91. The van der Waals surface area contributed by atoms with Gasteiger partial charge < -0.3 is 14.6 Å².